The van der Waals surface area contributed by atoms with Gasteiger partial charge in [0.15, 0.2) is 0 Å². The van der Waals surface area contributed by atoms with Gasteiger partial charge in [0.1, 0.15) is 0 Å². The molecule has 5 nitrogen and oxygen atoms in total. The Morgan fingerprint density at radius 3 is 2.68 bits per heavy atom. The molecular weight excluding hydrogens is 240 g/mol. The largest absolute Gasteiger partial charge is 0.354 e. The van der Waals surface area contributed by atoms with Crippen LogP contribution in [0.2, 0.25) is 0 Å². The van der Waals surface area contributed by atoms with Crippen LogP contribution in [0.4, 0.5) is 0 Å². The first kappa shape index (κ1) is 14.8. The second-order valence-electron chi connectivity index (χ2n) is 5.75. The quantitative estimate of drug-likeness (QED) is 0.721. The Labute approximate surface area is 116 Å². The molecular formula is C14H28N4O. The maximum atomic E-state index is 12.0. The lowest BCUT2D eigenvalue weighted by Gasteiger charge is -2.37. The Kier molecular flexibility index (Phi) is 5.60. The van der Waals surface area contributed by atoms with Crippen LogP contribution in [-0.2, 0) is 4.79 Å². The third kappa shape index (κ3) is 4.16. The van der Waals surface area contributed by atoms with Crippen LogP contribution in [-0.4, -0.2) is 74.1 Å². The summed E-state index contributed by atoms with van der Waals surface area (Å²) in [5.41, 5.74) is 0. The average Bonchev–Trinajstić information content (AvgIpc) is 2.98. The molecule has 0 aromatic carbocycles. The van der Waals surface area contributed by atoms with E-state index >= 15 is 0 Å². The number of piperazine rings is 1. The van der Waals surface area contributed by atoms with Gasteiger partial charge >= 0.3 is 0 Å². The number of nitrogens with one attached hydrogen (secondary N) is 2. The lowest BCUT2D eigenvalue weighted by atomic mass is 10.1. The van der Waals surface area contributed by atoms with Crippen LogP contribution in [0.25, 0.3) is 0 Å². The van der Waals surface area contributed by atoms with Crippen LogP contribution in [0.3, 0.4) is 0 Å². The van der Waals surface area contributed by atoms with Crippen molar-refractivity contribution in [1.82, 2.24) is 20.4 Å². The second kappa shape index (κ2) is 7.22. The van der Waals surface area contributed by atoms with Gasteiger partial charge in [-0.3, -0.25) is 9.69 Å². The summed E-state index contributed by atoms with van der Waals surface area (Å²) in [7, 11) is 0. The molecule has 2 atom stereocenters. The summed E-state index contributed by atoms with van der Waals surface area (Å²) in [5, 5.41) is 6.35. The topological polar surface area (TPSA) is 47.6 Å². The molecule has 0 bridgehead atoms. The number of hydrogen-bond donors (Lipinski definition) is 2. The van der Waals surface area contributed by atoms with E-state index in [4.69, 9.17) is 0 Å². The maximum absolute atomic E-state index is 12.0. The maximum Gasteiger partial charge on any atom is 0.224 e. The molecule has 2 N–H and O–H groups in total. The van der Waals surface area contributed by atoms with Gasteiger partial charge in [0.05, 0.1) is 5.92 Å². The summed E-state index contributed by atoms with van der Waals surface area (Å²) in [6.07, 6.45) is 0.982. The zero-order chi connectivity index (χ0) is 13.7. The van der Waals surface area contributed by atoms with Crippen molar-refractivity contribution in [3.05, 3.63) is 0 Å². The molecule has 2 heterocycles. The summed E-state index contributed by atoms with van der Waals surface area (Å²) in [6, 6.07) is 0.442. The van der Waals surface area contributed by atoms with E-state index < -0.39 is 0 Å². The predicted octanol–water partition coefficient (Wildman–Crippen LogP) is -0.262. The van der Waals surface area contributed by atoms with Gasteiger partial charge < -0.3 is 15.5 Å². The van der Waals surface area contributed by atoms with Crippen molar-refractivity contribution in [3.63, 3.8) is 0 Å². The van der Waals surface area contributed by atoms with E-state index in [1.807, 2.05) is 0 Å². The van der Waals surface area contributed by atoms with Crippen molar-refractivity contribution in [2.24, 2.45) is 5.92 Å². The van der Waals surface area contributed by atoms with E-state index in [0.717, 1.165) is 58.8 Å². The fraction of sp³-hybridized carbons (Fsp3) is 0.929. The van der Waals surface area contributed by atoms with Crippen LogP contribution in [0.15, 0.2) is 0 Å². The Hall–Kier alpha value is -0.650. The summed E-state index contributed by atoms with van der Waals surface area (Å²) >= 11 is 0. The van der Waals surface area contributed by atoms with E-state index in [-0.39, 0.29) is 11.8 Å². The van der Waals surface area contributed by atoms with Crippen molar-refractivity contribution >= 4 is 5.91 Å². The van der Waals surface area contributed by atoms with Gasteiger partial charge in [-0.25, -0.2) is 0 Å². The lowest BCUT2D eigenvalue weighted by Crippen LogP contribution is -2.52. The third-order valence-corrected chi connectivity index (χ3v) is 4.48. The second-order valence-corrected chi connectivity index (χ2v) is 5.75. The standard InChI is InChI=1S/C14H28N4O/c1-3-17-6-8-18(9-7-17)12(2)10-16-14(19)13-4-5-15-11-13/h12-13,15H,3-11H2,1-2H3,(H,16,19). The smallest absolute Gasteiger partial charge is 0.224 e. The first-order chi connectivity index (χ1) is 9.20. The van der Waals surface area contributed by atoms with Crippen molar-refractivity contribution in [3.8, 4) is 0 Å². The molecule has 2 saturated heterocycles. The van der Waals surface area contributed by atoms with Crippen molar-refractivity contribution in [2.45, 2.75) is 26.3 Å². The van der Waals surface area contributed by atoms with E-state index in [9.17, 15) is 4.79 Å². The predicted molar refractivity (Wildman–Crippen MR) is 77.1 cm³/mol. The van der Waals surface area contributed by atoms with Crippen molar-refractivity contribution in [1.29, 1.82) is 0 Å². The van der Waals surface area contributed by atoms with E-state index in [0.29, 0.717) is 6.04 Å². The van der Waals surface area contributed by atoms with E-state index in [2.05, 4.69) is 34.3 Å². The molecule has 2 aliphatic rings. The number of nitrogens with zero attached hydrogens (tertiary/aromatic N) is 2. The number of amides is 1. The van der Waals surface area contributed by atoms with E-state index in [1.165, 1.54) is 0 Å². The van der Waals surface area contributed by atoms with Crippen LogP contribution >= 0.6 is 0 Å². The SMILES string of the molecule is CCN1CCN(C(C)CNC(=O)C2CCNC2)CC1. The van der Waals surface area contributed by atoms with Crippen LogP contribution in [0.5, 0.6) is 0 Å². The van der Waals surface area contributed by atoms with Gasteiger partial charge in [-0.2, -0.15) is 0 Å². The first-order valence-corrected chi connectivity index (χ1v) is 7.65. The Balaban J connectivity index is 1.66. The summed E-state index contributed by atoms with van der Waals surface area (Å²) in [5.74, 6) is 0.410. The van der Waals surface area contributed by atoms with Crippen LogP contribution in [0.1, 0.15) is 20.3 Å². The van der Waals surface area contributed by atoms with Crippen molar-refractivity contribution in [2.75, 3.05) is 52.4 Å². The fourth-order valence-corrected chi connectivity index (χ4v) is 2.92. The molecule has 0 aromatic heterocycles. The van der Waals surface area contributed by atoms with Crippen LogP contribution < -0.4 is 10.6 Å². The number of likely N-dealkylation sites (N-methyl/N-ethyl adjacent to an activating group) is 1. The number of carbonyl (C=O) groups is 1. The molecule has 110 valence electrons. The molecule has 2 aliphatic heterocycles. The molecule has 2 unspecified atom stereocenters. The van der Waals surface area contributed by atoms with Gasteiger partial charge in [0.25, 0.3) is 0 Å². The first-order valence-electron chi connectivity index (χ1n) is 7.65. The number of rotatable bonds is 5. The highest BCUT2D eigenvalue weighted by molar-refractivity contribution is 5.79. The van der Waals surface area contributed by atoms with Gasteiger partial charge in [0, 0.05) is 45.3 Å². The molecule has 19 heavy (non-hydrogen) atoms. The Bertz CT molecular complexity index is 283. The minimum atomic E-state index is 0.184. The highest BCUT2D eigenvalue weighted by atomic mass is 16.1. The summed E-state index contributed by atoms with van der Waals surface area (Å²) in [6.45, 7) is 12.7. The van der Waals surface area contributed by atoms with Crippen molar-refractivity contribution < 1.29 is 4.79 Å². The zero-order valence-electron chi connectivity index (χ0n) is 12.3. The summed E-state index contributed by atoms with van der Waals surface area (Å²) in [4.78, 5) is 16.9. The van der Waals surface area contributed by atoms with Gasteiger partial charge in [-0.15, -0.1) is 0 Å². The summed E-state index contributed by atoms with van der Waals surface area (Å²) < 4.78 is 0. The molecule has 0 spiro atoms. The minimum absolute atomic E-state index is 0.184. The van der Waals surface area contributed by atoms with Gasteiger partial charge in [-0.05, 0) is 26.4 Å². The van der Waals surface area contributed by atoms with E-state index in [1.54, 1.807) is 0 Å². The molecule has 5 heteroatoms. The molecule has 0 aromatic rings. The monoisotopic (exact) mass is 268 g/mol. The molecule has 0 aliphatic carbocycles. The average molecular weight is 268 g/mol. The lowest BCUT2D eigenvalue weighted by molar-refractivity contribution is -0.124. The normalized spacial score (nSPS) is 27.4. The van der Waals surface area contributed by atoms with Gasteiger partial charge in [0.2, 0.25) is 5.91 Å². The zero-order valence-corrected chi connectivity index (χ0v) is 12.3. The highest BCUT2D eigenvalue weighted by Gasteiger charge is 2.24. The van der Waals surface area contributed by atoms with Crippen LogP contribution in [0, 0.1) is 5.92 Å². The fourth-order valence-electron chi connectivity index (χ4n) is 2.92. The Morgan fingerprint density at radius 1 is 1.37 bits per heavy atom. The molecule has 1 amide bonds. The highest BCUT2D eigenvalue weighted by Crippen LogP contribution is 2.08. The minimum Gasteiger partial charge on any atom is -0.354 e. The molecule has 2 rings (SSSR count). The Morgan fingerprint density at radius 2 is 2.11 bits per heavy atom. The number of hydrogen-bond acceptors (Lipinski definition) is 4. The molecule has 2 fully saturated rings. The number of carbonyl (C=O) groups excluding carboxylic acids is 1. The molecule has 0 radical (unpaired) electrons. The molecule has 0 saturated carbocycles. The van der Waals surface area contributed by atoms with Gasteiger partial charge in [-0.1, -0.05) is 6.92 Å². The third-order valence-electron chi connectivity index (χ3n) is 4.48.